The average molecular weight is 288 g/mol. The van der Waals surface area contributed by atoms with Gasteiger partial charge in [-0.25, -0.2) is 0 Å². The third kappa shape index (κ3) is 3.19. The molecule has 0 spiro atoms. The van der Waals surface area contributed by atoms with Crippen LogP contribution in [0.4, 0.5) is 0 Å². The minimum Gasteiger partial charge on any atom is -0.370 e. The van der Waals surface area contributed by atoms with Crippen LogP contribution in [-0.2, 0) is 11.3 Å². The van der Waals surface area contributed by atoms with Crippen LogP contribution in [0.5, 0.6) is 0 Å². The van der Waals surface area contributed by atoms with E-state index in [0.29, 0.717) is 12.3 Å². The van der Waals surface area contributed by atoms with E-state index in [1.165, 1.54) is 21.4 Å². The van der Waals surface area contributed by atoms with Crippen LogP contribution in [0, 0.1) is 5.92 Å². The second-order valence-electron chi connectivity index (χ2n) is 5.66. The Balaban J connectivity index is 1.66. The molecule has 1 atom stereocenters. The Labute approximate surface area is 123 Å². The summed E-state index contributed by atoms with van der Waals surface area (Å²) in [5.41, 5.74) is 5.32. The van der Waals surface area contributed by atoms with Crippen molar-refractivity contribution in [3.63, 3.8) is 0 Å². The number of primary amides is 1. The normalized spacial score (nSPS) is 20.3. The third-order valence-electron chi connectivity index (χ3n) is 3.95. The maximum atomic E-state index is 11.1. The zero-order valence-corrected chi connectivity index (χ0v) is 12.4. The summed E-state index contributed by atoms with van der Waals surface area (Å²) >= 11 is 1.87. The Morgan fingerprint density at radius 2 is 2.25 bits per heavy atom. The quantitative estimate of drug-likeness (QED) is 0.940. The summed E-state index contributed by atoms with van der Waals surface area (Å²) in [5.74, 6) is 0.273. The molecular formula is C16H20N2OS. The van der Waals surface area contributed by atoms with Crippen LogP contribution in [0.3, 0.4) is 0 Å². The maximum Gasteiger partial charge on any atom is 0.217 e. The highest BCUT2D eigenvalue weighted by atomic mass is 32.1. The van der Waals surface area contributed by atoms with E-state index in [9.17, 15) is 4.79 Å². The zero-order chi connectivity index (χ0) is 13.9. The van der Waals surface area contributed by atoms with Gasteiger partial charge in [0, 0.05) is 29.1 Å². The molecule has 106 valence electrons. The summed E-state index contributed by atoms with van der Waals surface area (Å²) in [4.78, 5) is 14.9. The van der Waals surface area contributed by atoms with Gasteiger partial charge in [0.1, 0.15) is 0 Å². The van der Waals surface area contributed by atoms with Crippen molar-refractivity contribution in [2.24, 2.45) is 11.7 Å². The van der Waals surface area contributed by atoms with Crippen LogP contribution in [0.1, 0.15) is 24.1 Å². The van der Waals surface area contributed by atoms with E-state index in [4.69, 9.17) is 5.73 Å². The lowest BCUT2D eigenvalue weighted by atomic mass is 9.94. The number of rotatable bonds is 4. The number of hydrogen-bond donors (Lipinski definition) is 1. The number of benzene rings is 1. The van der Waals surface area contributed by atoms with Crippen molar-refractivity contribution < 1.29 is 4.79 Å². The highest BCUT2D eigenvalue weighted by Gasteiger charge is 2.21. The molecule has 1 aliphatic heterocycles. The van der Waals surface area contributed by atoms with Gasteiger partial charge in [-0.1, -0.05) is 18.2 Å². The zero-order valence-electron chi connectivity index (χ0n) is 11.5. The van der Waals surface area contributed by atoms with Gasteiger partial charge in [0.15, 0.2) is 0 Å². The molecule has 3 rings (SSSR count). The Morgan fingerprint density at radius 3 is 3.05 bits per heavy atom. The number of amides is 1. The first kappa shape index (κ1) is 13.6. The number of nitrogens with zero attached hydrogens (tertiary/aromatic N) is 1. The molecular weight excluding hydrogens is 268 g/mol. The minimum absolute atomic E-state index is 0.168. The first-order chi connectivity index (χ1) is 9.70. The summed E-state index contributed by atoms with van der Waals surface area (Å²) in [6.07, 6.45) is 2.83. The van der Waals surface area contributed by atoms with Crippen molar-refractivity contribution >= 4 is 27.3 Å². The number of nitrogens with two attached hydrogens (primary N) is 1. The van der Waals surface area contributed by atoms with Gasteiger partial charge in [-0.05, 0) is 42.8 Å². The molecule has 0 bridgehead atoms. The van der Waals surface area contributed by atoms with Crippen LogP contribution in [0.15, 0.2) is 30.3 Å². The predicted molar refractivity (Wildman–Crippen MR) is 83.6 cm³/mol. The monoisotopic (exact) mass is 288 g/mol. The Bertz CT molecular complexity index is 574. The fourth-order valence-electron chi connectivity index (χ4n) is 3.08. The van der Waals surface area contributed by atoms with Crippen LogP contribution >= 0.6 is 11.3 Å². The largest absolute Gasteiger partial charge is 0.370 e. The number of piperidine rings is 1. The average Bonchev–Trinajstić information content (AvgIpc) is 2.80. The molecule has 3 nitrogen and oxygen atoms in total. The van der Waals surface area contributed by atoms with Crippen LogP contribution in [0.25, 0.3) is 10.1 Å². The van der Waals surface area contributed by atoms with Gasteiger partial charge in [-0.15, -0.1) is 11.3 Å². The Morgan fingerprint density at radius 1 is 1.40 bits per heavy atom. The highest BCUT2D eigenvalue weighted by molar-refractivity contribution is 7.19. The summed E-state index contributed by atoms with van der Waals surface area (Å²) < 4.78 is 1.35. The smallest absolute Gasteiger partial charge is 0.217 e. The molecule has 1 saturated heterocycles. The Kier molecular flexibility index (Phi) is 4.03. The van der Waals surface area contributed by atoms with E-state index < -0.39 is 0 Å². The van der Waals surface area contributed by atoms with Gasteiger partial charge in [0.05, 0.1) is 0 Å². The molecule has 2 N–H and O–H groups in total. The summed E-state index contributed by atoms with van der Waals surface area (Å²) in [5, 5.41) is 1.33. The predicted octanol–water partition coefficient (Wildman–Crippen LogP) is 2.99. The van der Waals surface area contributed by atoms with Crippen LogP contribution in [-0.4, -0.2) is 23.9 Å². The van der Waals surface area contributed by atoms with E-state index in [2.05, 4.69) is 35.2 Å². The van der Waals surface area contributed by atoms with Crippen molar-refractivity contribution in [3.8, 4) is 0 Å². The molecule has 4 heteroatoms. The number of likely N-dealkylation sites (tertiary alicyclic amines) is 1. The molecule has 1 aliphatic rings. The fourth-order valence-corrected chi connectivity index (χ4v) is 4.19. The highest BCUT2D eigenvalue weighted by Crippen LogP contribution is 2.28. The molecule has 1 amide bonds. The van der Waals surface area contributed by atoms with Crippen molar-refractivity contribution in [3.05, 3.63) is 35.2 Å². The molecule has 0 saturated carbocycles. The number of carbonyl (C=O) groups is 1. The van der Waals surface area contributed by atoms with E-state index in [1.54, 1.807) is 0 Å². The topological polar surface area (TPSA) is 46.3 Å². The van der Waals surface area contributed by atoms with Gasteiger partial charge < -0.3 is 5.73 Å². The van der Waals surface area contributed by atoms with Gasteiger partial charge in [-0.2, -0.15) is 0 Å². The van der Waals surface area contributed by atoms with Gasteiger partial charge in [0.2, 0.25) is 5.91 Å². The second kappa shape index (κ2) is 5.94. The minimum atomic E-state index is -0.168. The van der Waals surface area contributed by atoms with Crippen molar-refractivity contribution in [2.75, 3.05) is 13.1 Å². The lowest BCUT2D eigenvalue weighted by molar-refractivity contribution is -0.119. The number of fused-ring (bicyclic) bond motifs is 1. The lowest BCUT2D eigenvalue weighted by Gasteiger charge is -2.31. The third-order valence-corrected chi connectivity index (χ3v) is 5.05. The lowest BCUT2D eigenvalue weighted by Crippen LogP contribution is -2.36. The summed E-state index contributed by atoms with van der Waals surface area (Å²) in [7, 11) is 0. The van der Waals surface area contributed by atoms with Gasteiger partial charge in [-0.3, -0.25) is 9.69 Å². The molecule has 1 unspecified atom stereocenters. The van der Waals surface area contributed by atoms with Crippen molar-refractivity contribution in [2.45, 2.75) is 25.8 Å². The van der Waals surface area contributed by atoms with Crippen molar-refractivity contribution in [1.29, 1.82) is 0 Å². The van der Waals surface area contributed by atoms with E-state index >= 15 is 0 Å². The second-order valence-corrected chi connectivity index (χ2v) is 6.83. The summed E-state index contributed by atoms with van der Waals surface area (Å²) in [6.45, 7) is 3.12. The van der Waals surface area contributed by atoms with E-state index in [-0.39, 0.29) is 5.91 Å². The fraction of sp³-hybridized carbons (Fsp3) is 0.438. The van der Waals surface area contributed by atoms with Crippen LogP contribution in [0.2, 0.25) is 0 Å². The SMILES string of the molecule is NC(=O)CC1CCCN(Cc2cc3ccccc3s2)C1. The molecule has 2 heterocycles. The van der Waals surface area contributed by atoms with Crippen LogP contribution < -0.4 is 5.73 Å². The molecule has 0 radical (unpaired) electrons. The number of carbonyl (C=O) groups excluding carboxylic acids is 1. The summed E-state index contributed by atoms with van der Waals surface area (Å²) in [6, 6.07) is 10.8. The molecule has 1 aromatic heterocycles. The molecule has 1 aromatic carbocycles. The Hall–Kier alpha value is -1.39. The standard InChI is InChI=1S/C16H20N2OS/c17-16(19)8-12-4-3-7-18(10-12)11-14-9-13-5-1-2-6-15(13)20-14/h1-2,5-6,9,12H,3-4,7-8,10-11H2,(H2,17,19). The maximum absolute atomic E-state index is 11.1. The van der Waals surface area contributed by atoms with Gasteiger partial charge >= 0.3 is 0 Å². The molecule has 1 fully saturated rings. The molecule has 2 aromatic rings. The van der Waals surface area contributed by atoms with Crippen molar-refractivity contribution in [1.82, 2.24) is 4.90 Å². The first-order valence-electron chi connectivity index (χ1n) is 7.19. The number of thiophene rings is 1. The van der Waals surface area contributed by atoms with E-state index in [1.807, 2.05) is 11.3 Å². The first-order valence-corrected chi connectivity index (χ1v) is 8.00. The van der Waals surface area contributed by atoms with Gasteiger partial charge in [0.25, 0.3) is 0 Å². The van der Waals surface area contributed by atoms with E-state index in [0.717, 1.165) is 26.1 Å². The molecule has 0 aliphatic carbocycles. The molecule has 20 heavy (non-hydrogen) atoms. The number of hydrogen-bond acceptors (Lipinski definition) is 3.